The van der Waals surface area contributed by atoms with E-state index in [0.29, 0.717) is 6.07 Å². The zero-order valence-corrected chi connectivity index (χ0v) is 8.72. The third kappa shape index (κ3) is 1.85. The van der Waals surface area contributed by atoms with Crippen LogP contribution in [0.4, 0.5) is 17.6 Å². The molecule has 6 heteroatoms. The van der Waals surface area contributed by atoms with Gasteiger partial charge in [0.25, 0.3) is 0 Å². The number of phenolic OH excluding ortho intramolecular Hbond substituents is 2. The van der Waals surface area contributed by atoms with Gasteiger partial charge in [-0.3, -0.25) is 0 Å². The van der Waals surface area contributed by atoms with Gasteiger partial charge in [0.05, 0.1) is 0 Å². The van der Waals surface area contributed by atoms with E-state index in [0.717, 1.165) is 18.2 Å². The van der Waals surface area contributed by atoms with E-state index in [4.69, 9.17) is 10.2 Å². The molecule has 94 valence electrons. The van der Waals surface area contributed by atoms with Gasteiger partial charge in [-0.1, -0.05) is 6.07 Å². The number of phenols is 2. The molecule has 0 aromatic heterocycles. The molecule has 0 aliphatic heterocycles. The molecule has 0 aliphatic carbocycles. The summed E-state index contributed by atoms with van der Waals surface area (Å²) in [6.45, 7) is 0. The van der Waals surface area contributed by atoms with Crippen molar-refractivity contribution in [3.8, 4) is 22.6 Å². The van der Waals surface area contributed by atoms with E-state index in [9.17, 15) is 17.6 Å². The van der Waals surface area contributed by atoms with E-state index >= 15 is 0 Å². The van der Waals surface area contributed by atoms with Gasteiger partial charge in [0.2, 0.25) is 5.82 Å². The number of hydrogen-bond acceptors (Lipinski definition) is 2. The van der Waals surface area contributed by atoms with E-state index in [2.05, 4.69) is 0 Å². The average Bonchev–Trinajstić information content (AvgIpc) is 2.35. The Balaban J connectivity index is 2.67. The lowest BCUT2D eigenvalue weighted by Crippen LogP contribution is -1.94. The summed E-state index contributed by atoms with van der Waals surface area (Å²) in [5.74, 6) is -7.77. The third-order valence-corrected chi connectivity index (χ3v) is 2.39. The monoisotopic (exact) mass is 258 g/mol. The predicted molar refractivity (Wildman–Crippen MR) is 55.0 cm³/mol. The molecule has 0 atom stereocenters. The number of aromatic hydroxyl groups is 2. The smallest absolute Gasteiger partial charge is 0.204 e. The second-order valence-electron chi connectivity index (χ2n) is 3.55. The normalized spacial score (nSPS) is 10.7. The summed E-state index contributed by atoms with van der Waals surface area (Å²) in [4.78, 5) is 0. The summed E-state index contributed by atoms with van der Waals surface area (Å²) < 4.78 is 52.7. The van der Waals surface area contributed by atoms with Crippen LogP contribution >= 0.6 is 0 Å². The van der Waals surface area contributed by atoms with Crippen LogP contribution in [0, 0.1) is 23.3 Å². The first kappa shape index (κ1) is 12.2. The SMILES string of the molecule is Oc1ccc(-c2cc(F)c(O)c(F)c2F)cc1F. The van der Waals surface area contributed by atoms with Gasteiger partial charge in [0.1, 0.15) is 0 Å². The molecule has 2 nitrogen and oxygen atoms in total. The van der Waals surface area contributed by atoms with Crippen LogP contribution < -0.4 is 0 Å². The van der Waals surface area contributed by atoms with Gasteiger partial charge in [-0.05, 0) is 23.8 Å². The zero-order chi connectivity index (χ0) is 13.4. The minimum absolute atomic E-state index is 0.166. The fourth-order valence-electron chi connectivity index (χ4n) is 1.47. The standard InChI is InChI=1S/C12H6F4O2/c13-7-3-5(1-2-9(7)17)6-4-8(14)12(18)11(16)10(6)15/h1-4,17-18H. The van der Waals surface area contributed by atoms with E-state index in [-0.39, 0.29) is 5.56 Å². The second kappa shape index (κ2) is 4.21. The van der Waals surface area contributed by atoms with Crippen molar-refractivity contribution in [3.63, 3.8) is 0 Å². The van der Waals surface area contributed by atoms with E-state index in [1.54, 1.807) is 0 Å². The Hall–Kier alpha value is -2.24. The number of halogens is 4. The summed E-state index contributed by atoms with van der Waals surface area (Å²) >= 11 is 0. The van der Waals surface area contributed by atoms with Crippen LogP contribution in [0.15, 0.2) is 24.3 Å². The van der Waals surface area contributed by atoms with Crippen molar-refractivity contribution in [2.24, 2.45) is 0 Å². The maximum atomic E-state index is 13.5. The topological polar surface area (TPSA) is 40.5 Å². The highest BCUT2D eigenvalue weighted by atomic mass is 19.2. The largest absolute Gasteiger partial charge is 0.505 e. The molecule has 0 radical (unpaired) electrons. The fourth-order valence-corrected chi connectivity index (χ4v) is 1.47. The molecule has 0 amide bonds. The van der Waals surface area contributed by atoms with Crippen molar-refractivity contribution >= 4 is 0 Å². The molecular formula is C12H6F4O2. The highest BCUT2D eigenvalue weighted by Crippen LogP contribution is 2.33. The van der Waals surface area contributed by atoms with Crippen LogP contribution in [0.2, 0.25) is 0 Å². The molecule has 2 aromatic rings. The van der Waals surface area contributed by atoms with Crippen molar-refractivity contribution < 1.29 is 27.8 Å². The van der Waals surface area contributed by atoms with Gasteiger partial charge in [0, 0.05) is 5.56 Å². The van der Waals surface area contributed by atoms with Gasteiger partial charge in [-0.25, -0.2) is 13.2 Å². The molecular weight excluding hydrogens is 252 g/mol. The van der Waals surface area contributed by atoms with Gasteiger partial charge in [-0.15, -0.1) is 0 Å². The summed E-state index contributed by atoms with van der Waals surface area (Å²) in [5, 5.41) is 17.8. The van der Waals surface area contributed by atoms with Crippen LogP contribution in [-0.2, 0) is 0 Å². The maximum absolute atomic E-state index is 13.5. The molecule has 0 saturated heterocycles. The Kier molecular flexibility index (Phi) is 2.86. The van der Waals surface area contributed by atoms with Gasteiger partial charge >= 0.3 is 0 Å². The Bertz CT molecular complexity index is 626. The summed E-state index contributed by atoms with van der Waals surface area (Å²) in [5.41, 5.74) is -0.720. The van der Waals surface area contributed by atoms with Gasteiger partial charge in [-0.2, -0.15) is 4.39 Å². The zero-order valence-electron chi connectivity index (χ0n) is 8.72. The first-order valence-corrected chi connectivity index (χ1v) is 4.77. The Morgan fingerprint density at radius 3 is 2.06 bits per heavy atom. The lowest BCUT2D eigenvalue weighted by Gasteiger charge is -2.07. The molecule has 0 heterocycles. The quantitative estimate of drug-likeness (QED) is 0.608. The summed E-state index contributed by atoms with van der Waals surface area (Å²) in [6.07, 6.45) is 0. The summed E-state index contributed by atoms with van der Waals surface area (Å²) in [7, 11) is 0. The minimum Gasteiger partial charge on any atom is -0.505 e. The second-order valence-corrected chi connectivity index (χ2v) is 3.55. The molecule has 0 spiro atoms. The molecule has 0 unspecified atom stereocenters. The molecule has 0 fully saturated rings. The molecule has 2 rings (SSSR count). The lowest BCUT2D eigenvalue weighted by atomic mass is 10.0. The molecule has 0 aliphatic rings. The van der Waals surface area contributed by atoms with E-state index in [1.165, 1.54) is 0 Å². The van der Waals surface area contributed by atoms with Crippen molar-refractivity contribution in [2.75, 3.05) is 0 Å². The van der Waals surface area contributed by atoms with Crippen LogP contribution in [0.3, 0.4) is 0 Å². The van der Waals surface area contributed by atoms with Crippen LogP contribution in [0.1, 0.15) is 0 Å². The van der Waals surface area contributed by atoms with Crippen molar-refractivity contribution in [1.82, 2.24) is 0 Å². The van der Waals surface area contributed by atoms with Crippen molar-refractivity contribution in [3.05, 3.63) is 47.5 Å². The van der Waals surface area contributed by atoms with Crippen LogP contribution in [0.5, 0.6) is 11.5 Å². The van der Waals surface area contributed by atoms with Crippen molar-refractivity contribution in [1.29, 1.82) is 0 Å². The number of rotatable bonds is 1. The molecule has 2 aromatic carbocycles. The first-order valence-electron chi connectivity index (χ1n) is 4.77. The minimum atomic E-state index is -1.75. The highest BCUT2D eigenvalue weighted by Gasteiger charge is 2.19. The Morgan fingerprint density at radius 2 is 1.44 bits per heavy atom. The summed E-state index contributed by atoms with van der Waals surface area (Å²) in [6, 6.07) is 3.28. The molecule has 0 saturated carbocycles. The number of benzene rings is 2. The molecule has 2 N–H and O–H groups in total. The predicted octanol–water partition coefficient (Wildman–Crippen LogP) is 3.32. The van der Waals surface area contributed by atoms with Crippen LogP contribution in [0.25, 0.3) is 11.1 Å². The van der Waals surface area contributed by atoms with E-state index < -0.39 is 40.3 Å². The maximum Gasteiger partial charge on any atom is 0.204 e. The number of hydrogen-bond donors (Lipinski definition) is 2. The Morgan fingerprint density at radius 1 is 0.778 bits per heavy atom. The van der Waals surface area contributed by atoms with Crippen LogP contribution in [-0.4, -0.2) is 10.2 Å². The Labute approximate surface area is 98.7 Å². The molecule has 18 heavy (non-hydrogen) atoms. The third-order valence-electron chi connectivity index (χ3n) is 2.39. The lowest BCUT2D eigenvalue weighted by molar-refractivity contribution is 0.377. The molecule has 0 bridgehead atoms. The van der Waals surface area contributed by atoms with Crippen molar-refractivity contribution in [2.45, 2.75) is 0 Å². The fraction of sp³-hybridized carbons (Fsp3) is 0. The van der Waals surface area contributed by atoms with Gasteiger partial charge in [0.15, 0.2) is 29.0 Å². The first-order chi connectivity index (χ1) is 8.41. The highest BCUT2D eigenvalue weighted by molar-refractivity contribution is 5.66. The van der Waals surface area contributed by atoms with Gasteiger partial charge < -0.3 is 10.2 Å². The van der Waals surface area contributed by atoms with E-state index in [1.807, 2.05) is 0 Å². The average molecular weight is 258 g/mol.